The summed E-state index contributed by atoms with van der Waals surface area (Å²) >= 11 is 0. The van der Waals surface area contributed by atoms with E-state index in [-0.39, 0.29) is 30.1 Å². The fraction of sp³-hybridized carbons (Fsp3) is 0.550. The Morgan fingerprint density at radius 3 is 2.83 bits per heavy atom. The van der Waals surface area contributed by atoms with Gasteiger partial charge in [0, 0.05) is 26.1 Å². The van der Waals surface area contributed by atoms with E-state index in [2.05, 4.69) is 30.4 Å². The summed E-state index contributed by atoms with van der Waals surface area (Å²) in [6.45, 7) is 4.22. The molecule has 0 saturated carbocycles. The molecule has 9 heteroatoms. The number of hydrogen-bond acceptors (Lipinski definition) is 5. The molecule has 0 fully saturated rings. The summed E-state index contributed by atoms with van der Waals surface area (Å²) in [4.78, 5) is 4.29. The molecule has 0 bridgehead atoms. The summed E-state index contributed by atoms with van der Waals surface area (Å²) in [7, 11) is 3.40. The second-order valence-corrected chi connectivity index (χ2v) is 6.91. The standard InChI is InChI=1S/C20H30N6O2.HI/c1-15(28-17-9-7-8-16(12-17)27-3)13-22-20(21-2)23-14-19-25-24-18-10-5-4-6-11-26(18)19;/h7-9,12,15H,4-6,10-11,13-14H2,1-3H3,(H2,21,22,23);1H. The van der Waals surface area contributed by atoms with Crippen molar-refractivity contribution < 1.29 is 9.47 Å². The van der Waals surface area contributed by atoms with Crippen molar-refractivity contribution in [1.82, 2.24) is 25.4 Å². The van der Waals surface area contributed by atoms with Crippen LogP contribution in [0.2, 0.25) is 0 Å². The van der Waals surface area contributed by atoms with Crippen molar-refractivity contribution in [2.45, 2.75) is 51.8 Å². The molecule has 2 N–H and O–H groups in total. The summed E-state index contributed by atoms with van der Waals surface area (Å²) in [6.07, 6.45) is 4.61. The molecule has 160 valence electrons. The lowest BCUT2D eigenvalue weighted by atomic mass is 10.2. The predicted molar refractivity (Wildman–Crippen MR) is 124 cm³/mol. The van der Waals surface area contributed by atoms with Gasteiger partial charge in [-0.05, 0) is 31.9 Å². The minimum absolute atomic E-state index is 0. The zero-order valence-corrected chi connectivity index (χ0v) is 19.7. The van der Waals surface area contributed by atoms with E-state index in [0.717, 1.165) is 36.1 Å². The first kappa shape index (κ1) is 23.2. The van der Waals surface area contributed by atoms with Crippen molar-refractivity contribution in [3.8, 4) is 11.5 Å². The number of methoxy groups -OCH3 is 1. The van der Waals surface area contributed by atoms with Gasteiger partial charge in [-0.3, -0.25) is 4.99 Å². The quantitative estimate of drug-likeness (QED) is 0.336. The van der Waals surface area contributed by atoms with Crippen molar-refractivity contribution in [2.24, 2.45) is 4.99 Å². The Morgan fingerprint density at radius 1 is 1.21 bits per heavy atom. The summed E-state index contributed by atoms with van der Waals surface area (Å²) in [5.41, 5.74) is 0. The highest BCUT2D eigenvalue weighted by Gasteiger charge is 2.15. The van der Waals surface area contributed by atoms with Crippen molar-refractivity contribution >= 4 is 29.9 Å². The lowest BCUT2D eigenvalue weighted by Crippen LogP contribution is -2.41. The van der Waals surface area contributed by atoms with Crippen LogP contribution in [0.15, 0.2) is 29.3 Å². The molecule has 3 rings (SSSR count). The molecule has 1 aromatic heterocycles. The molecule has 0 aliphatic carbocycles. The van der Waals surface area contributed by atoms with Crippen LogP contribution in [0.3, 0.4) is 0 Å². The van der Waals surface area contributed by atoms with E-state index >= 15 is 0 Å². The minimum Gasteiger partial charge on any atom is -0.497 e. The van der Waals surface area contributed by atoms with E-state index in [4.69, 9.17) is 9.47 Å². The number of nitrogens with one attached hydrogen (secondary N) is 2. The predicted octanol–water partition coefficient (Wildman–Crippen LogP) is 2.76. The molecule has 1 unspecified atom stereocenters. The maximum Gasteiger partial charge on any atom is 0.191 e. The highest BCUT2D eigenvalue weighted by atomic mass is 127. The molecule has 0 radical (unpaired) electrons. The monoisotopic (exact) mass is 514 g/mol. The third-order valence-corrected chi connectivity index (χ3v) is 4.76. The molecule has 1 aromatic carbocycles. The van der Waals surface area contributed by atoms with Gasteiger partial charge >= 0.3 is 0 Å². The smallest absolute Gasteiger partial charge is 0.191 e. The highest BCUT2D eigenvalue weighted by Crippen LogP contribution is 2.19. The number of nitrogens with zero attached hydrogens (tertiary/aromatic N) is 4. The average molecular weight is 514 g/mol. The normalized spacial score (nSPS) is 14.8. The fourth-order valence-corrected chi connectivity index (χ4v) is 3.25. The number of aryl methyl sites for hydroxylation is 1. The number of hydrogen-bond donors (Lipinski definition) is 2. The van der Waals surface area contributed by atoms with E-state index in [1.807, 2.05) is 31.2 Å². The molecule has 0 amide bonds. The van der Waals surface area contributed by atoms with E-state index < -0.39 is 0 Å². The molecule has 2 aromatic rings. The van der Waals surface area contributed by atoms with Gasteiger partial charge in [0.05, 0.1) is 20.2 Å². The second-order valence-electron chi connectivity index (χ2n) is 6.91. The van der Waals surface area contributed by atoms with Crippen molar-refractivity contribution in [2.75, 3.05) is 20.7 Å². The molecule has 0 saturated heterocycles. The molecular weight excluding hydrogens is 483 g/mol. The van der Waals surface area contributed by atoms with Gasteiger partial charge in [-0.1, -0.05) is 12.5 Å². The third kappa shape index (κ3) is 6.76. The van der Waals surface area contributed by atoms with E-state index in [1.165, 1.54) is 19.3 Å². The first-order chi connectivity index (χ1) is 13.7. The Morgan fingerprint density at radius 2 is 2.03 bits per heavy atom. The summed E-state index contributed by atoms with van der Waals surface area (Å²) in [5, 5.41) is 15.3. The minimum atomic E-state index is -0.0324. The number of benzene rings is 1. The van der Waals surface area contributed by atoms with Crippen LogP contribution >= 0.6 is 24.0 Å². The topological polar surface area (TPSA) is 85.6 Å². The number of guanidine groups is 1. The number of ether oxygens (including phenoxy) is 2. The van der Waals surface area contributed by atoms with Crippen molar-refractivity contribution in [3.05, 3.63) is 35.9 Å². The van der Waals surface area contributed by atoms with Crippen LogP contribution in [0.25, 0.3) is 0 Å². The summed E-state index contributed by atoms with van der Waals surface area (Å²) in [5.74, 6) is 4.33. The molecule has 1 aliphatic rings. The molecule has 1 atom stereocenters. The summed E-state index contributed by atoms with van der Waals surface area (Å²) < 4.78 is 13.4. The van der Waals surface area contributed by atoms with Crippen LogP contribution in [0.1, 0.15) is 37.8 Å². The van der Waals surface area contributed by atoms with Crippen molar-refractivity contribution in [1.29, 1.82) is 0 Å². The second kappa shape index (κ2) is 11.8. The number of halogens is 1. The van der Waals surface area contributed by atoms with Crippen LogP contribution in [-0.2, 0) is 19.5 Å². The van der Waals surface area contributed by atoms with Crippen LogP contribution in [0.5, 0.6) is 11.5 Å². The van der Waals surface area contributed by atoms with Crippen LogP contribution in [0.4, 0.5) is 0 Å². The molecule has 0 spiro atoms. The fourth-order valence-electron chi connectivity index (χ4n) is 3.25. The van der Waals surface area contributed by atoms with Gasteiger partial charge in [-0.2, -0.15) is 0 Å². The van der Waals surface area contributed by atoms with Gasteiger partial charge in [0.2, 0.25) is 0 Å². The largest absolute Gasteiger partial charge is 0.497 e. The Hall–Kier alpha value is -2.04. The van der Waals surface area contributed by atoms with E-state index in [9.17, 15) is 0 Å². The maximum atomic E-state index is 5.94. The van der Waals surface area contributed by atoms with Gasteiger partial charge in [0.15, 0.2) is 11.8 Å². The zero-order chi connectivity index (χ0) is 19.8. The summed E-state index contributed by atoms with van der Waals surface area (Å²) in [6, 6.07) is 7.60. The zero-order valence-electron chi connectivity index (χ0n) is 17.4. The molecule has 8 nitrogen and oxygen atoms in total. The van der Waals surface area contributed by atoms with Gasteiger partial charge < -0.3 is 24.7 Å². The maximum absolute atomic E-state index is 5.94. The first-order valence-electron chi connectivity index (χ1n) is 9.85. The van der Waals surface area contributed by atoms with Crippen molar-refractivity contribution in [3.63, 3.8) is 0 Å². The van der Waals surface area contributed by atoms with E-state index in [1.54, 1.807) is 14.2 Å². The van der Waals surface area contributed by atoms with Crippen LogP contribution < -0.4 is 20.1 Å². The SMILES string of the molecule is CN=C(NCc1nnc2n1CCCCC2)NCC(C)Oc1cccc(OC)c1.I. The molecular formula is C20H31IN6O2. The Bertz CT molecular complexity index is 795. The van der Waals surface area contributed by atoms with Gasteiger partial charge in [0.1, 0.15) is 23.4 Å². The lowest BCUT2D eigenvalue weighted by Gasteiger charge is -2.18. The first-order valence-corrected chi connectivity index (χ1v) is 9.85. The Kier molecular flexibility index (Phi) is 9.49. The van der Waals surface area contributed by atoms with Crippen LogP contribution in [-0.4, -0.2) is 47.5 Å². The Balaban J connectivity index is 0.00000300. The van der Waals surface area contributed by atoms with Gasteiger partial charge in [-0.15, -0.1) is 34.2 Å². The lowest BCUT2D eigenvalue weighted by molar-refractivity contribution is 0.223. The van der Waals surface area contributed by atoms with E-state index in [0.29, 0.717) is 19.0 Å². The number of aliphatic imine (C=N–C) groups is 1. The Labute approximate surface area is 189 Å². The molecule has 1 aliphatic heterocycles. The number of fused-ring (bicyclic) bond motifs is 1. The number of aromatic nitrogens is 3. The van der Waals surface area contributed by atoms with Gasteiger partial charge in [0.25, 0.3) is 0 Å². The third-order valence-electron chi connectivity index (χ3n) is 4.76. The van der Waals surface area contributed by atoms with Gasteiger partial charge in [-0.25, -0.2) is 0 Å². The van der Waals surface area contributed by atoms with Crippen LogP contribution in [0, 0.1) is 0 Å². The number of rotatable bonds is 7. The molecule has 2 heterocycles. The molecule has 29 heavy (non-hydrogen) atoms. The average Bonchev–Trinajstić information content (AvgIpc) is 2.94. The highest BCUT2D eigenvalue weighted by molar-refractivity contribution is 14.0.